The van der Waals surface area contributed by atoms with E-state index in [0.29, 0.717) is 27.1 Å². The second-order valence-corrected chi connectivity index (χ2v) is 6.51. The third-order valence-electron chi connectivity index (χ3n) is 3.11. The van der Waals surface area contributed by atoms with Crippen LogP contribution in [0.25, 0.3) is 11.3 Å². The second kappa shape index (κ2) is 6.79. The molecule has 0 spiro atoms. The lowest BCUT2D eigenvalue weighted by Crippen LogP contribution is -2.10. The molecule has 0 unspecified atom stereocenters. The number of furan rings is 1. The fourth-order valence-corrected chi connectivity index (χ4v) is 2.83. The van der Waals surface area contributed by atoms with Gasteiger partial charge in [0, 0.05) is 20.7 Å². The van der Waals surface area contributed by atoms with Crippen molar-refractivity contribution < 1.29 is 9.21 Å². The Labute approximate surface area is 151 Å². The van der Waals surface area contributed by atoms with Gasteiger partial charge < -0.3 is 9.73 Å². The molecule has 0 saturated carbocycles. The van der Waals surface area contributed by atoms with Crippen LogP contribution in [0.2, 0.25) is 10.0 Å². The Hall–Kier alpha value is -1.75. The Bertz CT molecular complexity index is 877. The van der Waals surface area contributed by atoms with Gasteiger partial charge in [-0.25, -0.2) is 0 Å². The molecular weight excluding hydrogens is 401 g/mol. The van der Waals surface area contributed by atoms with Crippen LogP contribution in [0.4, 0.5) is 5.69 Å². The molecule has 0 saturated heterocycles. The molecule has 1 amide bonds. The zero-order valence-corrected chi connectivity index (χ0v) is 14.7. The molecule has 0 aliphatic heterocycles. The Morgan fingerprint density at radius 3 is 2.65 bits per heavy atom. The molecule has 0 radical (unpaired) electrons. The van der Waals surface area contributed by atoms with E-state index < -0.39 is 0 Å². The Morgan fingerprint density at radius 1 is 1.04 bits per heavy atom. The SMILES string of the molecule is O=C(Nc1cccc(Br)c1)c1ccc(-c2cc(Cl)ccc2Cl)o1. The van der Waals surface area contributed by atoms with Crippen molar-refractivity contribution in [1.82, 2.24) is 0 Å². The van der Waals surface area contributed by atoms with Crippen LogP contribution < -0.4 is 5.32 Å². The maximum atomic E-state index is 12.2. The highest BCUT2D eigenvalue weighted by atomic mass is 79.9. The maximum Gasteiger partial charge on any atom is 0.291 e. The molecule has 0 aliphatic rings. The van der Waals surface area contributed by atoms with Gasteiger partial charge in [0.15, 0.2) is 5.76 Å². The van der Waals surface area contributed by atoms with E-state index >= 15 is 0 Å². The summed E-state index contributed by atoms with van der Waals surface area (Å²) in [7, 11) is 0. The standard InChI is InChI=1S/C17H10BrCl2NO2/c18-10-2-1-3-12(8-10)21-17(22)16-7-6-15(23-16)13-9-11(19)4-5-14(13)20/h1-9H,(H,21,22). The van der Waals surface area contributed by atoms with Gasteiger partial charge in [0.05, 0.1) is 5.02 Å². The van der Waals surface area contributed by atoms with Crippen molar-refractivity contribution in [3.8, 4) is 11.3 Å². The first-order valence-electron chi connectivity index (χ1n) is 6.65. The highest BCUT2D eigenvalue weighted by Crippen LogP contribution is 2.32. The molecule has 116 valence electrons. The van der Waals surface area contributed by atoms with Crippen molar-refractivity contribution in [1.29, 1.82) is 0 Å². The minimum Gasteiger partial charge on any atom is -0.451 e. The predicted molar refractivity (Wildman–Crippen MR) is 96.3 cm³/mol. The van der Waals surface area contributed by atoms with Crippen LogP contribution in [-0.2, 0) is 0 Å². The number of amides is 1. The first-order chi connectivity index (χ1) is 11.0. The van der Waals surface area contributed by atoms with Gasteiger partial charge in [0.1, 0.15) is 5.76 Å². The number of nitrogens with one attached hydrogen (secondary N) is 1. The summed E-state index contributed by atoms with van der Waals surface area (Å²) < 4.78 is 6.48. The molecule has 1 aromatic heterocycles. The quantitative estimate of drug-likeness (QED) is 0.552. The van der Waals surface area contributed by atoms with Gasteiger partial charge in [-0.1, -0.05) is 45.2 Å². The number of carbonyl (C=O) groups is 1. The Kier molecular flexibility index (Phi) is 4.76. The summed E-state index contributed by atoms with van der Waals surface area (Å²) >= 11 is 15.5. The Balaban J connectivity index is 1.84. The lowest BCUT2D eigenvalue weighted by atomic mass is 10.2. The molecule has 0 fully saturated rings. The van der Waals surface area contributed by atoms with Gasteiger partial charge in [-0.05, 0) is 48.5 Å². The van der Waals surface area contributed by atoms with Crippen LogP contribution >= 0.6 is 39.1 Å². The molecule has 0 atom stereocenters. The minimum atomic E-state index is -0.340. The number of halogens is 3. The fourth-order valence-electron chi connectivity index (χ4n) is 2.05. The monoisotopic (exact) mass is 409 g/mol. The average molecular weight is 411 g/mol. The normalized spacial score (nSPS) is 10.6. The summed E-state index contributed by atoms with van der Waals surface area (Å²) in [6.45, 7) is 0. The topological polar surface area (TPSA) is 42.2 Å². The molecule has 1 N–H and O–H groups in total. The third kappa shape index (κ3) is 3.78. The van der Waals surface area contributed by atoms with Crippen LogP contribution in [0.1, 0.15) is 10.6 Å². The summed E-state index contributed by atoms with van der Waals surface area (Å²) in [5.74, 6) is 0.334. The minimum absolute atomic E-state index is 0.191. The molecule has 3 nitrogen and oxygen atoms in total. The highest BCUT2D eigenvalue weighted by Gasteiger charge is 2.14. The van der Waals surface area contributed by atoms with Crippen molar-refractivity contribution in [2.45, 2.75) is 0 Å². The van der Waals surface area contributed by atoms with Crippen molar-refractivity contribution in [2.24, 2.45) is 0 Å². The van der Waals surface area contributed by atoms with E-state index in [1.54, 1.807) is 42.5 Å². The molecule has 2 aromatic carbocycles. The number of hydrogen-bond donors (Lipinski definition) is 1. The summed E-state index contributed by atoms with van der Waals surface area (Å²) in [5.41, 5.74) is 1.31. The van der Waals surface area contributed by atoms with Gasteiger partial charge in [-0.2, -0.15) is 0 Å². The zero-order chi connectivity index (χ0) is 16.4. The third-order valence-corrected chi connectivity index (χ3v) is 4.16. The highest BCUT2D eigenvalue weighted by molar-refractivity contribution is 9.10. The lowest BCUT2D eigenvalue weighted by molar-refractivity contribution is 0.0997. The largest absolute Gasteiger partial charge is 0.451 e. The molecule has 0 aliphatic carbocycles. The van der Waals surface area contributed by atoms with Crippen LogP contribution in [0, 0.1) is 0 Å². The summed E-state index contributed by atoms with van der Waals surface area (Å²) in [6.07, 6.45) is 0. The van der Waals surface area contributed by atoms with Gasteiger partial charge in [-0.15, -0.1) is 0 Å². The second-order valence-electron chi connectivity index (χ2n) is 4.75. The smallest absolute Gasteiger partial charge is 0.291 e. The van der Waals surface area contributed by atoms with E-state index in [1.807, 2.05) is 12.1 Å². The van der Waals surface area contributed by atoms with Crippen LogP contribution in [0.3, 0.4) is 0 Å². The van der Waals surface area contributed by atoms with E-state index in [1.165, 1.54) is 0 Å². The molecule has 1 heterocycles. The average Bonchev–Trinajstić information content (AvgIpc) is 2.99. The molecule has 3 rings (SSSR count). The van der Waals surface area contributed by atoms with E-state index in [4.69, 9.17) is 27.6 Å². The zero-order valence-electron chi connectivity index (χ0n) is 11.6. The first-order valence-corrected chi connectivity index (χ1v) is 8.20. The molecular formula is C17H10BrCl2NO2. The first kappa shape index (κ1) is 16.1. The predicted octanol–water partition coefficient (Wildman–Crippen LogP) is 6.27. The van der Waals surface area contributed by atoms with E-state index in [2.05, 4.69) is 21.2 Å². The molecule has 23 heavy (non-hydrogen) atoms. The van der Waals surface area contributed by atoms with Crippen LogP contribution in [0.5, 0.6) is 0 Å². The van der Waals surface area contributed by atoms with Gasteiger partial charge in [0.25, 0.3) is 5.91 Å². The number of hydrogen-bond acceptors (Lipinski definition) is 2. The van der Waals surface area contributed by atoms with Crippen LogP contribution in [0.15, 0.2) is 63.5 Å². The van der Waals surface area contributed by atoms with E-state index in [-0.39, 0.29) is 11.7 Å². The summed E-state index contributed by atoms with van der Waals surface area (Å²) in [6, 6.07) is 15.7. The van der Waals surface area contributed by atoms with E-state index in [0.717, 1.165) is 4.47 Å². The number of benzene rings is 2. The molecule has 0 bridgehead atoms. The number of rotatable bonds is 3. The summed E-state index contributed by atoms with van der Waals surface area (Å²) in [5, 5.41) is 3.81. The lowest BCUT2D eigenvalue weighted by Gasteiger charge is -2.04. The number of anilines is 1. The van der Waals surface area contributed by atoms with E-state index in [9.17, 15) is 4.79 Å². The molecule has 6 heteroatoms. The van der Waals surface area contributed by atoms with Crippen molar-refractivity contribution in [3.63, 3.8) is 0 Å². The van der Waals surface area contributed by atoms with Gasteiger partial charge >= 0.3 is 0 Å². The van der Waals surface area contributed by atoms with Crippen molar-refractivity contribution in [2.75, 3.05) is 5.32 Å². The maximum absolute atomic E-state index is 12.2. The fraction of sp³-hybridized carbons (Fsp3) is 0. The van der Waals surface area contributed by atoms with Gasteiger partial charge in [-0.3, -0.25) is 4.79 Å². The number of carbonyl (C=O) groups excluding carboxylic acids is 1. The van der Waals surface area contributed by atoms with Crippen LogP contribution in [-0.4, -0.2) is 5.91 Å². The van der Waals surface area contributed by atoms with Gasteiger partial charge in [0.2, 0.25) is 0 Å². The van der Waals surface area contributed by atoms with Crippen molar-refractivity contribution >= 4 is 50.7 Å². The molecule has 3 aromatic rings. The van der Waals surface area contributed by atoms with Crippen molar-refractivity contribution in [3.05, 3.63) is 74.9 Å². The Morgan fingerprint density at radius 2 is 1.87 bits per heavy atom. The summed E-state index contributed by atoms with van der Waals surface area (Å²) in [4.78, 5) is 12.2.